The van der Waals surface area contributed by atoms with Gasteiger partial charge in [0.15, 0.2) is 0 Å². The number of benzene rings is 1. The highest BCUT2D eigenvalue weighted by Gasteiger charge is 2.26. The number of nitrogens with one attached hydrogen (secondary N) is 1. The second-order valence-corrected chi connectivity index (χ2v) is 8.28. The molecule has 0 atom stereocenters. The second-order valence-electron chi connectivity index (χ2n) is 8.28. The van der Waals surface area contributed by atoms with Crippen LogP contribution in [0.4, 0.5) is 4.79 Å². The largest absolute Gasteiger partial charge is 0.474 e. The van der Waals surface area contributed by atoms with Gasteiger partial charge < -0.3 is 19.7 Å². The summed E-state index contributed by atoms with van der Waals surface area (Å²) in [6.07, 6.45) is 4.04. The number of rotatable bonds is 5. The zero-order valence-electron chi connectivity index (χ0n) is 18.5. The van der Waals surface area contributed by atoms with E-state index >= 15 is 0 Å². The van der Waals surface area contributed by atoms with E-state index in [-0.39, 0.29) is 12.1 Å². The summed E-state index contributed by atoms with van der Waals surface area (Å²) in [5, 5.41) is 3.03. The summed E-state index contributed by atoms with van der Waals surface area (Å²) < 4.78 is 12.0. The molecule has 0 spiro atoms. The number of hydrogen-bond acceptors (Lipinski definition) is 5. The number of piperidine rings is 1. The van der Waals surface area contributed by atoms with Gasteiger partial charge in [0.25, 0.3) is 0 Å². The molecule has 7 nitrogen and oxygen atoms in total. The first-order valence-corrected chi connectivity index (χ1v) is 11.3. The average Bonchev–Trinajstić information content (AvgIpc) is 3.04. The predicted molar refractivity (Wildman–Crippen MR) is 118 cm³/mol. The van der Waals surface area contributed by atoms with Crippen molar-refractivity contribution in [3.63, 3.8) is 0 Å². The van der Waals surface area contributed by atoms with E-state index in [1.54, 1.807) is 0 Å². The SMILES string of the molecule is CCc1nc2c(c(OC3CCN(C(=O)NCc4ccc(C)cc4)CC3)n1)CCOCC2. The fourth-order valence-corrected chi connectivity index (χ4v) is 4.05. The summed E-state index contributed by atoms with van der Waals surface area (Å²) in [7, 11) is 0. The van der Waals surface area contributed by atoms with Crippen LogP contribution in [0.5, 0.6) is 5.88 Å². The number of aromatic nitrogens is 2. The lowest BCUT2D eigenvalue weighted by Crippen LogP contribution is -2.46. The first-order valence-electron chi connectivity index (χ1n) is 11.3. The van der Waals surface area contributed by atoms with Crippen LogP contribution in [0, 0.1) is 6.92 Å². The first kappa shape index (κ1) is 21.6. The Morgan fingerprint density at radius 3 is 2.65 bits per heavy atom. The Bertz CT molecular complexity index is 892. The molecule has 0 unspecified atom stereocenters. The Morgan fingerprint density at radius 1 is 1.16 bits per heavy atom. The van der Waals surface area contributed by atoms with Crippen molar-refractivity contribution in [3.8, 4) is 5.88 Å². The highest BCUT2D eigenvalue weighted by molar-refractivity contribution is 5.74. The predicted octanol–water partition coefficient (Wildman–Crippen LogP) is 3.22. The zero-order chi connectivity index (χ0) is 21.6. The van der Waals surface area contributed by atoms with Crippen molar-refractivity contribution in [1.29, 1.82) is 0 Å². The number of urea groups is 1. The number of hydrogen-bond donors (Lipinski definition) is 1. The smallest absolute Gasteiger partial charge is 0.317 e. The van der Waals surface area contributed by atoms with Gasteiger partial charge in [0, 0.05) is 57.3 Å². The topological polar surface area (TPSA) is 76.6 Å². The Balaban J connectivity index is 1.32. The Kier molecular flexibility index (Phi) is 7.02. The number of nitrogens with zero attached hydrogens (tertiary/aromatic N) is 3. The molecule has 2 amide bonds. The molecule has 2 aliphatic rings. The summed E-state index contributed by atoms with van der Waals surface area (Å²) >= 11 is 0. The van der Waals surface area contributed by atoms with Crippen LogP contribution in [0.25, 0.3) is 0 Å². The molecule has 31 heavy (non-hydrogen) atoms. The van der Waals surface area contributed by atoms with Crippen molar-refractivity contribution < 1.29 is 14.3 Å². The fourth-order valence-electron chi connectivity index (χ4n) is 4.05. The third-order valence-corrected chi connectivity index (χ3v) is 5.97. The molecule has 2 aliphatic heterocycles. The van der Waals surface area contributed by atoms with E-state index in [1.165, 1.54) is 5.56 Å². The van der Waals surface area contributed by atoms with Crippen molar-refractivity contribution >= 4 is 6.03 Å². The molecule has 1 aromatic heterocycles. The standard InChI is InChI=1S/C24H32N4O3/c1-3-22-26-21-11-15-30-14-10-20(21)23(27-22)31-19-8-12-28(13-9-19)24(29)25-16-18-6-4-17(2)5-7-18/h4-7,19H,3,8-16H2,1-2H3,(H,25,29). The van der Waals surface area contributed by atoms with Gasteiger partial charge in [0.2, 0.25) is 5.88 Å². The van der Waals surface area contributed by atoms with Crippen LogP contribution in [-0.4, -0.2) is 53.3 Å². The molecule has 0 saturated carbocycles. The number of carbonyl (C=O) groups is 1. The molecule has 2 aromatic rings. The van der Waals surface area contributed by atoms with E-state index < -0.39 is 0 Å². The third-order valence-electron chi connectivity index (χ3n) is 5.97. The maximum Gasteiger partial charge on any atom is 0.317 e. The first-order chi connectivity index (χ1) is 15.1. The van der Waals surface area contributed by atoms with E-state index in [0.717, 1.165) is 60.6 Å². The van der Waals surface area contributed by atoms with Gasteiger partial charge in [-0.15, -0.1) is 0 Å². The number of aryl methyl sites for hydroxylation is 2. The molecule has 1 N–H and O–H groups in total. The molecule has 1 fully saturated rings. The number of likely N-dealkylation sites (tertiary alicyclic amines) is 1. The Labute approximate surface area is 184 Å². The van der Waals surface area contributed by atoms with Crippen molar-refractivity contribution in [2.24, 2.45) is 0 Å². The minimum Gasteiger partial charge on any atom is -0.474 e. The molecule has 0 aliphatic carbocycles. The molecule has 1 aromatic carbocycles. The van der Waals surface area contributed by atoms with Crippen LogP contribution in [0.1, 0.15) is 48.0 Å². The monoisotopic (exact) mass is 424 g/mol. The average molecular weight is 425 g/mol. The molecule has 0 bridgehead atoms. The lowest BCUT2D eigenvalue weighted by molar-refractivity contribution is 0.105. The quantitative estimate of drug-likeness (QED) is 0.798. The number of fused-ring (bicyclic) bond motifs is 1. The van der Waals surface area contributed by atoms with E-state index in [2.05, 4.69) is 48.4 Å². The van der Waals surface area contributed by atoms with Crippen molar-refractivity contribution in [2.45, 2.75) is 58.6 Å². The summed E-state index contributed by atoms with van der Waals surface area (Å²) in [4.78, 5) is 23.8. The van der Waals surface area contributed by atoms with E-state index in [0.29, 0.717) is 32.8 Å². The van der Waals surface area contributed by atoms with Gasteiger partial charge in [0.1, 0.15) is 11.9 Å². The van der Waals surface area contributed by atoms with Crippen LogP contribution in [0.15, 0.2) is 24.3 Å². The van der Waals surface area contributed by atoms with Crippen molar-refractivity contribution in [3.05, 3.63) is 52.5 Å². The minimum absolute atomic E-state index is 0.0136. The second kappa shape index (κ2) is 10.1. The lowest BCUT2D eigenvalue weighted by Gasteiger charge is -2.32. The summed E-state index contributed by atoms with van der Waals surface area (Å²) in [6.45, 7) is 7.41. The van der Waals surface area contributed by atoms with Gasteiger partial charge in [-0.25, -0.2) is 9.78 Å². The lowest BCUT2D eigenvalue weighted by atomic mass is 10.1. The highest BCUT2D eigenvalue weighted by atomic mass is 16.5. The molecule has 3 heterocycles. The van der Waals surface area contributed by atoms with Crippen LogP contribution in [0.2, 0.25) is 0 Å². The van der Waals surface area contributed by atoms with Crippen LogP contribution >= 0.6 is 0 Å². The highest BCUT2D eigenvalue weighted by Crippen LogP contribution is 2.26. The number of amides is 2. The molecule has 4 rings (SSSR count). The normalized spacial score (nSPS) is 17.0. The zero-order valence-corrected chi connectivity index (χ0v) is 18.5. The fraction of sp³-hybridized carbons (Fsp3) is 0.542. The van der Waals surface area contributed by atoms with E-state index in [9.17, 15) is 4.79 Å². The minimum atomic E-state index is -0.0136. The maximum absolute atomic E-state index is 12.6. The molecular weight excluding hydrogens is 392 g/mol. The summed E-state index contributed by atoms with van der Waals surface area (Å²) in [5.41, 5.74) is 4.48. The Morgan fingerprint density at radius 2 is 1.90 bits per heavy atom. The molecule has 166 valence electrons. The molecule has 1 saturated heterocycles. The van der Waals surface area contributed by atoms with E-state index in [1.807, 2.05) is 4.90 Å². The number of carbonyl (C=O) groups excluding carboxylic acids is 1. The van der Waals surface area contributed by atoms with Crippen LogP contribution < -0.4 is 10.1 Å². The van der Waals surface area contributed by atoms with Crippen LogP contribution in [-0.2, 0) is 30.5 Å². The number of ether oxygens (including phenoxy) is 2. The third kappa shape index (κ3) is 5.53. The summed E-state index contributed by atoms with van der Waals surface area (Å²) in [5.74, 6) is 1.54. The molecule has 0 radical (unpaired) electrons. The Hall–Kier alpha value is -2.67. The molecule has 7 heteroatoms. The van der Waals surface area contributed by atoms with Gasteiger partial charge in [-0.1, -0.05) is 36.8 Å². The molecular formula is C24H32N4O3. The van der Waals surface area contributed by atoms with Gasteiger partial charge in [0.05, 0.1) is 18.9 Å². The summed E-state index contributed by atoms with van der Waals surface area (Å²) in [6, 6.07) is 8.22. The van der Waals surface area contributed by atoms with E-state index in [4.69, 9.17) is 14.5 Å². The maximum atomic E-state index is 12.6. The van der Waals surface area contributed by atoms with Crippen molar-refractivity contribution in [2.75, 3.05) is 26.3 Å². The van der Waals surface area contributed by atoms with Gasteiger partial charge in [-0.05, 0) is 12.5 Å². The van der Waals surface area contributed by atoms with Gasteiger partial charge in [-0.3, -0.25) is 0 Å². The van der Waals surface area contributed by atoms with Gasteiger partial charge in [-0.2, -0.15) is 4.98 Å². The van der Waals surface area contributed by atoms with Gasteiger partial charge >= 0.3 is 6.03 Å². The van der Waals surface area contributed by atoms with Crippen LogP contribution in [0.3, 0.4) is 0 Å². The van der Waals surface area contributed by atoms with Crippen molar-refractivity contribution in [1.82, 2.24) is 20.2 Å².